The molecular weight excluding hydrogens is 404 g/mol. The highest BCUT2D eigenvalue weighted by Gasteiger charge is 2.32. The van der Waals surface area contributed by atoms with Crippen LogP contribution in [0.4, 0.5) is 11.5 Å². The number of amides is 1. The zero-order chi connectivity index (χ0) is 22.1. The van der Waals surface area contributed by atoms with Gasteiger partial charge in [-0.2, -0.15) is 4.52 Å². The number of nitrogens with one attached hydrogen (secondary N) is 1. The van der Waals surface area contributed by atoms with Crippen molar-refractivity contribution in [3.63, 3.8) is 0 Å². The van der Waals surface area contributed by atoms with E-state index in [0.717, 1.165) is 36.3 Å². The van der Waals surface area contributed by atoms with Gasteiger partial charge in [0, 0.05) is 12.1 Å². The first kappa shape index (κ1) is 20.0. The van der Waals surface area contributed by atoms with Crippen LogP contribution in [0.5, 0.6) is 5.75 Å². The van der Waals surface area contributed by atoms with E-state index in [1.54, 1.807) is 11.6 Å². The fourth-order valence-corrected chi connectivity index (χ4v) is 4.15. The lowest BCUT2D eigenvalue weighted by atomic mass is 10.1. The van der Waals surface area contributed by atoms with E-state index in [9.17, 15) is 4.79 Å². The third-order valence-corrected chi connectivity index (χ3v) is 5.74. The number of aryl methyl sites for hydroxylation is 1. The first-order valence-electron chi connectivity index (χ1n) is 10.6. The van der Waals surface area contributed by atoms with Crippen molar-refractivity contribution in [3.05, 3.63) is 66.2 Å². The highest BCUT2D eigenvalue weighted by molar-refractivity contribution is 5.98. The predicted molar refractivity (Wildman–Crippen MR) is 123 cm³/mol. The van der Waals surface area contributed by atoms with E-state index in [4.69, 9.17) is 9.84 Å². The van der Waals surface area contributed by atoms with E-state index < -0.39 is 0 Å². The molecule has 3 heterocycles. The number of hydrogen-bond acceptors (Lipinski definition) is 6. The first-order valence-corrected chi connectivity index (χ1v) is 10.6. The molecule has 0 radical (unpaired) electrons. The maximum Gasteiger partial charge on any atom is 0.247 e. The van der Waals surface area contributed by atoms with Crippen LogP contribution in [0.1, 0.15) is 18.4 Å². The van der Waals surface area contributed by atoms with Crippen molar-refractivity contribution in [3.8, 4) is 17.1 Å². The molecule has 1 aliphatic rings. The van der Waals surface area contributed by atoms with Crippen molar-refractivity contribution in [2.75, 3.05) is 23.9 Å². The van der Waals surface area contributed by atoms with Crippen LogP contribution in [0.2, 0.25) is 0 Å². The van der Waals surface area contributed by atoms with Crippen molar-refractivity contribution in [1.82, 2.24) is 19.8 Å². The Kier molecular flexibility index (Phi) is 5.18. The Hall–Kier alpha value is -3.94. The van der Waals surface area contributed by atoms with Gasteiger partial charge in [0.15, 0.2) is 11.5 Å². The van der Waals surface area contributed by atoms with Crippen molar-refractivity contribution in [2.45, 2.75) is 25.8 Å². The molecule has 1 amide bonds. The van der Waals surface area contributed by atoms with Gasteiger partial charge in [-0.3, -0.25) is 4.79 Å². The topological polar surface area (TPSA) is 84.6 Å². The molecule has 5 rings (SSSR count). The third kappa shape index (κ3) is 3.64. The maximum atomic E-state index is 13.2. The van der Waals surface area contributed by atoms with Gasteiger partial charge in [0.05, 0.1) is 12.8 Å². The summed E-state index contributed by atoms with van der Waals surface area (Å²) < 4.78 is 7.15. The van der Waals surface area contributed by atoms with Gasteiger partial charge in [-0.25, -0.2) is 0 Å². The minimum Gasteiger partial charge on any atom is -0.495 e. The second kappa shape index (κ2) is 8.30. The Morgan fingerprint density at radius 1 is 1.09 bits per heavy atom. The highest BCUT2D eigenvalue weighted by atomic mass is 16.5. The predicted octanol–water partition coefficient (Wildman–Crippen LogP) is 3.72. The van der Waals surface area contributed by atoms with Crippen LogP contribution in [0.3, 0.4) is 0 Å². The van der Waals surface area contributed by atoms with E-state index in [1.165, 1.54) is 0 Å². The summed E-state index contributed by atoms with van der Waals surface area (Å²) in [4.78, 5) is 15.3. The molecule has 1 aliphatic heterocycles. The van der Waals surface area contributed by atoms with Crippen LogP contribution in [0.15, 0.2) is 60.7 Å². The van der Waals surface area contributed by atoms with Gasteiger partial charge in [-0.15, -0.1) is 15.3 Å². The molecule has 32 heavy (non-hydrogen) atoms. The molecule has 1 atom stereocenters. The second-order valence-electron chi connectivity index (χ2n) is 7.90. The Labute approximate surface area is 185 Å². The van der Waals surface area contributed by atoms with Gasteiger partial charge in [-0.1, -0.05) is 36.4 Å². The second-order valence-corrected chi connectivity index (χ2v) is 7.90. The zero-order valence-corrected chi connectivity index (χ0v) is 18.0. The van der Waals surface area contributed by atoms with Gasteiger partial charge in [0.25, 0.3) is 0 Å². The van der Waals surface area contributed by atoms with E-state index in [2.05, 4.69) is 15.5 Å². The number of hydrogen-bond donors (Lipinski definition) is 1. The summed E-state index contributed by atoms with van der Waals surface area (Å²) in [6.07, 6.45) is 1.67. The van der Waals surface area contributed by atoms with Gasteiger partial charge >= 0.3 is 0 Å². The van der Waals surface area contributed by atoms with Gasteiger partial charge in [-0.05, 0) is 49.6 Å². The van der Waals surface area contributed by atoms with Crippen molar-refractivity contribution in [2.24, 2.45) is 0 Å². The number of fused-ring (bicyclic) bond motifs is 1. The molecule has 0 bridgehead atoms. The van der Waals surface area contributed by atoms with Crippen LogP contribution in [0.25, 0.3) is 17.0 Å². The average Bonchev–Trinajstić information content (AvgIpc) is 3.47. The van der Waals surface area contributed by atoms with E-state index in [1.807, 2.05) is 72.5 Å². The van der Waals surface area contributed by atoms with Gasteiger partial charge in [0.2, 0.25) is 5.91 Å². The van der Waals surface area contributed by atoms with Crippen LogP contribution >= 0.6 is 0 Å². The summed E-state index contributed by atoms with van der Waals surface area (Å²) >= 11 is 0. The minimum atomic E-state index is -0.318. The quantitative estimate of drug-likeness (QED) is 0.522. The standard InChI is InChI=1S/C24H24N6O2/c1-16-10-11-20(32-2)18(15-16)25-24(31)19-9-6-14-29(19)22-13-12-21-26-27-23(30(21)28-22)17-7-4-3-5-8-17/h3-5,7-8,10-13,15,19H,6,9,14H2,1-2H3,(H,25,31). The van der Waals surface area contributed by atoms with Crippen LogP contribution < -0.4 is 15.0 Å². The van der Waals surface area contributed by atoms with Crippen molar-refractivity contribution < 1.29 is 9.53 Å². The van der Waals surface area contributed by atoms with E-state index in [0.29, 0.717) is 22.9 Å². The smallest absolute Gasteiger partial charge is 0.247 e. The molecule has 4 aromatic rings. The maximum absolute atomic E-state index is 13.2. The fourth-order valence-electron chi connectivity index (χ4n) is 4.15. The Balaban J connectivity index is 1.44. The molecular formula is C24H24N6O2. The molecule has 8 heteroatoms. The summed E-state index contributed by atoms with van der Waals surface area (Å²) in [6, 6.07) is 19.0. The number of carbonyl (C=O) groups excluding carboxylic acids is 1. The van der Waals surface area contributed by atoms with Gasteiger partial charge in [0.1, 0.15) is 17.6 Å². The molecule has 8 nitrogen and oxygen atoms in total. The summed E-state index contributed by atoms with van der Waals surface area (Å²) in [5.41, 5.74) is 3.33. The third-order valence-electron chi connectivity index (χ3n) is 5.74. The van der Waals surface area contributed by atoms with Crippen LogP contribution in [0, 0.1) is 6.92 Å². The molecule has 162 valence electrons. The lowest BCUT2D eigenvalue weighted by molar-refractivity contribution is -0.117. The normalized spacial score (nSPS) is 15.8. The van der Waals surface area contributed by atoms with Crippen molar-refractivity contribution >= 4 is 23.1 Å². The molecule has 1 N–H and O–H groups in total. The summed E-state index contributed by atoms with van der Waals surface area (Å²) in [7, 11) is 1.60. The largest absolute Gasteiger partial charge is 0.495 e. The molecule has 2 aromatic heterocycles. The number of benzene rings is 2. The molecule has 0 aliphatic carbocycles. The molecule has 2 aromatic carbocycles. The number of carbonyl (C=O) groups is 1. The summed E-state index contributed by atoms with van der Waals surface area (Å²) in [6.45, 7) is 2.74. The zero-order valence-electron chi connectivity index (χ0n) is 18.0. The number of ether oxygens (including phenoxy) is 1. The summed E-state index contributed by atoms with van der Waals surface area (Å²) in [5, 5.41) is 16.4. The highest BCUT2D eigenvalue weighted by Crippen LogP contribution is 2.29. The fraction of sp³-hybridized carbons (Fsp3) is 0.250. The minimum absolute atomic E-state index is 0.0691. The Bertz CT molecular complexity index is 1270. The monoisotopic (exact) mass is 428 g/mol. The number of rotatable bonds is 5. The van der Waals surface area contributed by atoms with Crippen molar-refractivity contribution in [1.29, 1.82) is 0 Å². The van der Waals surface area contributed by atoms with Gasteiger partial charge < -0.3 is 15.0 Å². The Morgan fingerprint density at radius 3 is 2.75 bits per heavy atom. The summed E-state index contributed by atoms with van der Waals surface area (Å²) in [5.74, 6) is 1.97. The lowest BCUT2D eigenvalue weighted by Crippen LogP contribution is -2.40. The SMILES string of the molecule is COc1ccc(C)cc1NC(=O)C1CCCN1c1ccc2nnc(-c3ccccc3)n2n1. The number of methoxy groups -OCH3 is 1. The lowest BCUT2D eigenvalue weighted by Gasteiger charge is -2.25. The average molecular weight is 428 g/mol. The first-order chi connectivity index (χ1) is 15.6. The van der Waals surface area contributed by atoms with E-state index >= 15 is 0 Å². The molecule has 1 unspecified atom stereocenters. The number of nitrogens with zero attached hydrogens (tertiary/aromatic N) is 5. The molecule has 1 saturated heterocycles. The Morgan fingerprint density at radius 2 is 1.94 bits per heavy atom. The van der Waals surface area contributed by atoms with E-state index in [-0.39, 0.29) is 11.9 Å². The van der Waals surface area contributed by atoms with Crippen LogP contribution in [-0.4, -0.2) is 45.4 Å². The molecule has 0 saturated carbocycles. The molecule has 0 spiro atoms. The molecule has 1 fully saturated rings. The number of aromatic nitrogens is 4. The number of anilines is 2. The van der Waals surface area contributed by atoms with Crippen LogP contribution in [-0.2, 0) is 4.79 Å².